The van der Waals surface area contributed by atoms with Crippen molar-refractivity contribution in [1.29, 1.82) is 0 Å². The van der Waals surface area contributed by atoms with Gasteiger partial charge >= 0.3 is 0 Å². The molecule has 31 heavy (non-hydrogen) atoms. The van der Waals surface area contributed by atoms with Crippen molar-refractivity contribution in [2.75, 3.05) is 7.11 Å². The van der Waals surface area contributed by atoms with Gasteiger partial charge in [0.15, 0.2) is 5.16 Å². The average molecular weight is 446 g/mol. The average Bonchev–Trinajstić information content (AvgIpc) is 3.40. The molecule has 5 rings (SSSR count). The fraction of sp³-hybridized carbons (Fsp3) is 0.130. The van der Waals surface area contributed by atoms with Crippen LogP contribution in [0.2, 0.25) is 0 Å². The summed E-state index contributed by atoms with van der Waals surface area (Å²) in [4.78, 5) is 10.0. The van der Waals surface area contributed by atoms with Crippen LogP contribution in [0.4, 0.5) is 0 Å². The molecule has 0 bridgehead atoms. The Labute approximate surface area is 188 Å². The second-order valence-electron chi connectivity index (χ2n) is 6.96. The summed E-state index contributed by atoms with van der Waals surface area (Å²) in [6, 6.07) is 18.3. The first-order valence-electron chi connectivity index (χ1n) is 9.69. The van der Waals surface area contributed by atoms with Crippen LogP contribution in [-0.4, -0.2) is 31.8 Å². The summed E-state index contributed by atoms with van der Waals surface area (Å²) in [5, 5.41) is 13.7. The molecule has 0 atom stereocenters. The molecule has 0 fully saturated rings. The lowest BCUT2D eigenvalue weighted by Gasteiger charge is -2.07. The summed E-state index contributed by atoms with van der Waals surface area (Å²) >= 11 is 3.13. The number of rotatable bonds is 6. The molecular weight excluding hydrogens is 426 g/mol. The van der Waals surface area contributed by atoms with Gasteiger partial charge in [0.05, 0.1) is 12.5 Å². The Hall–Kier alpha value is -3.23. The van der Waals surface area contributed by atoms with Crippen molar-refractivity contribution in [3.63, 3.8) is 0 Å². The maximum Gasteiger partial charge on any atom is 0.197 e. The molecule has 3 aromatic heterocycles. The minimum absolute atomic E-state index is 0.736. The van der Waals surface area contributed by atoms with Crippen LogP contribution in [0.5, 0.6) is 5.75 Å². The summed E-state index contributed by atoms with van der Waals surface area (Å²) in [7, 11) is 3.67. The van der Waals surface area contributed by atoms with Crippen molar-refractivity contribution < 1.29 is 4.74 Å². The Bertz CT molecular complexity index is 1330. The summed E-state index contributed by atoms with van der Waals surface area (Å²) in [5.74, 6) is 1.75. The van der Waals surface area contributed by atoms with E-state index in [9.17, 15) is 0 Å². The van der Waals surface area contributed by atoms with Crippen molar-refractivity contribution in [1.82, 2.24) is 24.7 Å². The van der Waals surface area contributed by atoms with E-state index in [0.717, 1.165) is 49.5 Å². The van der Waals surface area contributed by atoms with Gasteiger partial charge in [-0.05, 0) is 35.0 Å². The van der Waals surface area contributed by atoms with E-state index in [0.29, 0.717) is 0 Å². The monoisotopic (exact) mass is 445 g/mol. The topological polar surface area (TPSA) is 65.7 Å². The lowest BCUT2D eigenvalue weighted by Crippen LogP contribution is -2.00. The molecular formula is C23H19N5OS2. The van der Waals surface area contributed by atoms with Gasteiger partial charge in [-0.3, -0.25) is 0 Å². The van der Waals surface area contributed by atoms with E-state index in [1.54, 1.807) is 24.8 Å². The number of hydrogen-bond acceptors (Lipinski definition) is 7. The zero-order valence-corrected chi connectivity index (χ0v) is 18.7. The molecule has 2 aromatic carbocycles. The number of ether oxygens (including phenoxy) is 1. The van der Waals surface area contributed by atoms with Crippen molar-refractivity contribution >= 4 is 33.3 Å². The van der Waals surface area contributed by atoms with Gasteiger partial charge in [-0.15, -0.1) is 21.5 Å². The molecule has 8 heteroatoms. The number of hydrogen-bond donors (Lipinski definition) is 0. The summed E-state index contributed by atoms with van der Waals surface area (Å²) in [5.41, 5.74) is 3.42. The van der Waals surface area contributed by atoms with Gasteiger partial charge in [0.25, 0.3) is 0 Å². The molecule has 0 saturated carbocycles. The van der Waals surface area contributed by atoms with Crippen LogP contribution in [-0.2, 0) is 13.5 Å². The van der Waals surface area contributed by atoms with Gasteiger partial charge in [0.1, 0.15) is 27.8 Å². The van der Waals surface area contributed by atoms with Crippen LogP contribution >= 0.6 is 23.1 Å². The van der Waals surface area contributed by atoms with E-state index in [2.05, 4.69) is 49.8 Å². The molecule has 0 spiro atoms. The number of fused-ring (bicyclic) bond motifs is 1. The van der Waals surface area contributed by atoms with E-state index in [4.69, 9.17) is 4.74 Å². The molecule has 5 aromatic rings. The quantitative estimate of drug-likeness (QED) is 0.333. The lowest BCUT2D eigenvalue weighted by molar-refractivity contribution is 0.415. The highest BCUT2D eigenvalue weighted by atomic mass is 32.2. The van der Waals surface area contributed by atoms with Crippen molar-refractivity contribution in [2.45, 2.75) is 16.6 Å². The number of methoxy groups -OCH3 is 1. The van der Waals surface area contributed by atoms with Crippen molar-refractivity contribution in [3.8, 4) is 16.9 Å². The van der Waals surface area contributed by atoms with E-state index in [1.807, 2.05) is 41.9 Å². The number of nitrogens with zero attached hydrogens (tertiary/aromatic N) is 5. The van der Waals surface area contributed by atoms with E-state index >= 15 is 0 Å². The summed E-state index contributed by atoms with van der Waals surface area (Å²) in [6.45, 7) is 0. The van der Waals surface area contributed by atoms with Gasteiger partial charge in [0, 0.05) is 24.4 Å². The maximum atomic E-state index is 5.29. The SMILES string of the molecule is COc1ccc(-c2csc3ncnc(Sc4nnc(Cc5ccccc5)n4C)c23)cc1. The number of thiophene rings is 1. The second-order valence-corrected chi connectivity index (χ2v) is 8.77. The fourth-order valence-corrected chi connectivity index (χ4v) is 5.25. The molecule has 0 saturated heterocycles. The highest BCUT2D eigenvalue weighted by Crippen LogP contribution is 2.40. The minimum atomic E-state index is 0.736. The highest BCUT2D eigenvalue weighted by Gasteiger charge is 2.17. The molecule has 0 aliphatic rings. The molecule has 154 valence electrons. The minimum Gasteiger partial charge on any atom is -0.497 e. The molecule has 3 heterocycles. The lowest BCUT2D eigenvalue weighted by atomic mass is 10.1. The predicted molar refractivity (Wildman–Crippen MR) is 124 cm³/mol. The molecule has 0 radical (unpaired) electrons. The number of aromatic nitrogens is 5. The van der Waals surface area contributed by atoms with Gasteiger partial charge in [-0.25, -0.2) is 9.97 Å². The Morgan fingerprint density at radius 2 is 1.81 bits per heavy atom. The molecule has 0 aliphatic carbocycles. The molecule has 0 amide bonds. The van der Waals surface area contributed by atoms with Crippen LogP contribution < -0.4 is 4.74 Å². The third-order valence-corrected chi connectivity index (χ3v) is 6.98. The van der Waals surface area contributed by atoms with Crippen LogP contribution in [0, 0.1) is 0 Å². The van der Waals surface area contributed by atoms with Gasteiger partial charge < -0.3 is 9.30 Å². The number of benzene rings is 2. The molecule has 0 N–H and O–H groups in total. The maximum absolute atomic E-state index is 5.29. The first-order chi connectivity index (χ1) is 15.2. The van der Waals surface area contributed by atoms with Crippen molar-refractivity contribution in [3.05, 3.63) is 77.7 Å². The summed E-state index contributed by atoms with van der Waals surface area (Å²) < 4.78 is 7.32. The van der Waals surface area contributed by atoms with E-state index < -0.39 is 0 Å². The van der Waals surface area contributed by atoms with Crippen LogP contribution in [0.25, 0.3) is 21.3 Å². The zero-order valence-electron chi connectivity index (χ0n) is 17.0. The van der Waals surface area contributed by atoms with Crippen molar-refractivity contribution in [2.24, 2.45) is 7.05 Å². The molecule has 0 aliphatic heterocycles. The fourth-order valence-electron chi connectivity index (χ4n) is 3.36. The largest absolute Gasteiger partial charge is 0.497 e. The van der Waals surface area contributed by atoms with Crippen LogP contribution in [0.3, 0.4) is 0 Å². The zero-order chi connectivity index (χ0) is 21.2. The second kappa shape index (κ2) is 8.49. The van der Waals surface area contributed by atoms with E-state index in [1.165, 1.54) is 17.3 Å². The third kappa shape index (κ3) is 3.92. The Balaban J connectivity index is 1.49. The highest BCUT2D eigenvalue weighted by molar-refractivity contribution is 7.99. The Morgan fingerprint density at radius 3 is 2.58 bits per heavy atom. The van der Waals surface area contributed by atoms with Crippen LogP contribution in [0.1, 0.15) is 11.4 Å². The standard InChI is InChI=1S/C23H19N5OS2/c1-28-19(12-15-6-4-3-5-7-15)26-27-23(28)31-22-20-18(13-30-21(20)24-14-25-22)16-8-10-17(29-2)11-9-16/h3-11,13-14H,12H2,1-2H3. The normalized spacial score (nSPS) is 11.2. The van der Waals surface area contributed by atoms with Gasteiger partial charge in [-0.2, -0.15) is 0 Å². The van der Waals surface area contributed by atoms with Gasteiger partial charge in [-0.1, -0.05) is 42.5 Å². The molecule has 6 nitrogen and oxygen atoms in total. The first kappa shape index (κ1) is 19.7. The van der Waals surface area contributed by atoms with E-state index in [-0.39, 0.29) is 0 Å². The van der Waals surface area contributed by atoms with Gasteiger partial charge in [0.2, 0.25) is 0 Å². The third-order valence-electron chi connectivity index (χ3n) is 5.05. The predicted octanol–water partition coefficient (Wildman–Crippen LogP) is 5.24. The molecule has 0 unspecified atom stereocenters. The smallest absolute Gasteiger partial charge is 0.197 e. The Kier molecular flexibility index (Phi) is 5.40. The summed E-state index contributed by atoms with van der Waals surface area (Å²) in [6.07, 6.45) is 2.35. The van der Waals surface area contributed by atoms with Crippen LogP contribution in [0.15, 0.2) is 76.5 Å². The first-order valence-corrected chi connectivity index (χ1v) is 11.4. The Morgan fingerprint density at radius 1 is 1.00 bits per heavy atom.